The van der Waals surface area contributed by atoms with Gasteiger partial charge in [-0.1, -0.05) is 17.3 Å². The number of hydrogen-bond acceptors (Lipinski definition) is 4. The SMILES string of the molecule is C=NO/C(Cc1cccc(F)c1)=C(/CO)CC=O. The quantitative estimate of drug-likeness (QED) is 0.348. The third-order valence-corrected chi connectivity index (χ3v) is 2.34. The molecule has 0 unspecified atom stereocenters. The van der Waals surface area contributed by atoms with E-state index in [0.29, 0.717) is 23.2 Å². The van der Waals surface area contributed by atoms with E-state index in [1.165, 1.54) is 12.1 Å². The van der Waals surface area contributed by atoms with E-state index in [4.69, 9.17) is 9.94 Å². The van der Waals surface area contributed by atoms with E-state index in [1.807, 2.05) is 0 Å². The van der Waals surface area contributed by atoms with Gasteiger partial charge in [-0.2, -0.15) is 0 Å². The van der Waals surface area contributed by atoms with Crippen molar-refractivity contribution < 1.29 is 19.1 Å². The van der Waals surface area contributed by atoms with Gasteiger partial charge in [0, 0.05) is 25.1 Å². The predicted octanol–water partition coefficient (Wildman–Crippen LogP) is 1.84. The first kappa shape index (κ1) is 14.1. The van der Waals surface area contributed by atoms with Gasteiger partial charge in [0.2, 0.25) is 0 Å². The minimum absolute atomic E-state index is 0.0384. The number of aldehydes is 1. The molecule has 0 aliphatic carbocycles. The molecule has 0 aliphatic heterocycles. The molecule has 4 nitrogen and oxygen atoms in total. The van der Waals surface area contributed by atoms with Gasteiger partial charge in [-0.05, 0) is 17.7 Å². The molecule has 1 aromatic carbocycles. The van der Waals surface area contributed by atoms with E-state index >= 15 is 0 Å². The molecular weight excluding hydrogens is 237 g/mol. The molecule has 1 rings (SSSR count). The number of carbonyl (C=O) groups excluding carboxylic acids is 1. The Morgan fingerprint density at radius 3 is 2.89 bits per heavy atom. The molecule has 0 saturated heterocycles. The summed E-state index contributed by atoms with van der Waals surface area (Å²) in [7, 11) is 0. The second-order valence-corrected chi connectivity index (χ2v) is 3.58. The summed E-state index contributed by atoms with van der Waals surface area (Å²) in [5, 5.41) is 12.4. The van der Waals surface area contributed by atoms with Crippen LogP contribution in [0.15, 0.2) is 40.8 Å². The van der Waals surface area contributed by atoms with Gasteiger partial charge in [0.1, 0.15) is 17.9 Å². The highest BCUT2D eigenvalue weighted by molar-refractivity contribution is 5.54. The summed E-state index contributed by atoms with van der Waals surface area (Å²) in [5.41, 5.74) is 1.06. The van der Waals surface area contributed by atoms with E-state index in [0.717, 1.165) is 0 Å². The van der Waals surface area contributed by atoms with Crippen LogP contribution in [0.2, 0.25) is 0 Å². The molecule has 0 fully saturated rings. The van der Waals surface area contributed by atoms with E-state index in [9.17, 15) is 9.18 Å². The molecule has 0 aromatic heterocycles. The van der Waals surface area contributed by atoms with Crippen molar-refractivity contribution in [2.24, 2.45) is 5.16 Å². The molecule has 5 heteroatoms. The standard InChI is InChI=1S/C13H14FNO3/c1-15-18-13(11(9-17)5-6-16)8-10-3-2-4-12(14)7-10/h2-4,6-7,17H,1,5,8-9H2/b13-11+. The lowest BCUT2D eigenvalue weighted by Crippen LogP contribution is -2.03. The molecule has 0 amide bonds. The predicted molar refractivity (Wildman–Crippen MR) is 65.5 cm³/mol. The monoisotopic (exact) mass is 251 g/mol. The van der Waals surface area contributed by atoms with Crippen molar-refractivity contribution >= 4 is 13.0 Å². The minimum Gasteiger partial charge on any atom is -0.392 e. The molecular formula is C13H14FNO3. The number of benzene rings is 1. The van der Waals surface area contributed by atoms with Gasteiger partial charge in [0.05, 0.1) is 6.61 Å². The van der Waals surface area contributed by atoms with Gasteiger partial charge in [-0.15, -0.1) is 0 Å². The zero-order chi connectivity index (χ0) is 13.4. The third kappa shape index (κ3) is 4.10. The maximum atomic E-state index is 13.0. The van der Waals surface area contributed by atoms with Crippen molar-refractivity contribution in [1.29, 1.82) is 0 Å². The van der Waals surface area contributed by atoms with Crippen LogP contribution in [-0.2, 0) is 16.1 Å². The molecule has 0 radical (unpaired) electrons. The Labute approximate surface area is 104 Å². The first-order valence-electron chi connectivity index (χ1n) is 5.34. The van der Waals surface area contributed by atoms with Gasteiger partial charge in [0.25, 0.3) is 0 Å². The molecule has 0 spiro atoms. The molecule has 0 atom stereocenters. The number of aliphatic hydroxyl groups excluding tert-OH is 1. The molecule has 1 aromatic rings. The van der Waals surface area contributed by atoms with E-state index in [-0.39, 0.29) is 25.3 Å². The molecule has 1 N–H and O–H groups in total. The van der Waals surface area contributed by atoms with Crippen molar-refractivity contribution in [3.63, 3.8) is 0 Å². The Kier molecular flexibility index (Phi) is 5.73. The summed E-state index contributed by atoms with van der Waals surface area (Å²) in [6.45, 7) is 2.87. The average molecular weight is 251 g/mol. The van der Waals surface area contributed by atoms with Crippen LogP contribution in [0, 0.1) is 5.82 Å². The summed E-state index contributed by atoms with van der Waals surface area (Å²) >= 11 is 0. The lowest BCUT2D eigenvalue weighted by atomic mass is 10.1. The van der Waals surface area contributed by atoms with Crippen LogP contribution >= 0.6 is 0 Å². The summed E-state index contributed by atoms with van der Waals surface area (Å²) in [4.78, 5) is 15.4. The van der Waals surface area contributed by atoms with Crippen molar-refractivity contribution in [3.8, 4) is 0 Å². The number of aliphatic hydroxyl groups is 1. The average Bonchev–Trinajstić information content (AvgIpc) is 2.35. The van der Waals surface area contributed by atoms with Crippen molar-refractivity contribution in [3.05, 3.63) is 47.0 Å². The van der Waals surface area contributed by atoms with Gasteiger partial charge in [-0.3, -0.25) is 0 Å². The summed E-state index contributed by atoms with van der Waals surface area (Å²) in [6, 6.07) is 5.97. The highest BCUT2D eigenvalue weighted by Crippen LogP contribution is 2.16. The highest BCUT2D eigenvalue weighted by atomic mass is 19.1. The fourth-order valence-corrected chi connectivity index (χ4v) is 1.50. The number of rotatable bonds is 7. The first-order chi connectivity index (χ1) is 8.71. The maximum absolute atomic E-state index is 13.0. The zero-order valence-corrected chi connectivity index (χ0v) is 9.80. The number of nitrogens with zero attached hydrogens (tertiary/aromatic N) is 1. The van der Waals surface area contributed by atoms with Crippen LogP contribution in [0.3, 0.4) is 0 Å². The van der Waals surface area contributed by atoms with Crippen LogP contribution in [0.4, 0.5) is 4.39 Å². The van der Waals surface area contributed by atoms with Gasteiger partial charge in [0.15, 0.2) is 0 Å². The Bertz CT molecular complexity index is 457. The van der Waals surface area contributed by atoms with Crippen molar-refractivity contribution in [2.75, 3.05) is 6.61 Å². The fourth-order valence-electron chi connectivity index (χ4n) is 1.50. The Morgan fingerprint density at radius 1 is 1.56 bits per heavy atom. The van der Waals surface area contributed by atoms with Crippen LogP contribution in [0.1, 0.15) is 12.0 Å². The number of allylic oxidation sites excluding steroid dienone is 1. The Morgan fingerprint density at radius 2 is 2.33 bits per heavy atom. The Hall–Kier alpha value is -2.01. The normalized spacial score (nSPS) is 11.7. The van der Waals surface area contributed by atoms with E-state index in [2.05, 4.69) is 11.9 Å². The largest absolute Gasteiger partial charge is 0.392 e. The summed E-state index contributed by atoms with van der Waals surface area (Å²) in [5.74, 6) is -0.0513. The van der Waals surface area contributed by atoms with E-state index < -0.39 is 0 Å². The Balaban J connectivity index is 2.98. The number of halogens is 1. The lowest BCUT2D eigenvalue weighted by molar-refractivity contribution is -0.107. The number of hydrogen-bond donors (Lipinski definition) is 1. The summed E-state index contributed by atoms with van der Waals surface area (Å²) in [6.07, 6.45) is 0.931. The second kappa shape index (κ2) is 7.34. The number of carbonyl (C=O) groups is 1. The molecule has 18 heavy (non-hydrogen) atoms. The first-order valence-corrected chi connectivity index (χ1v) is 5.34. The molecule has 0 aliphatic rings. The van der Waals surface area contributed by atoms with E-state index in [1.54, 1.807) is 12.1 Å². The van der Waals surface area contributed by atoms with Gasteiger partial charge >= 0.3 is 0 Å². The zero-order valence-electron chi connectivity index (χ0n) is 9.80. The van der Waals surface area contributed by atoms with Crippen LogP contribution in [0.25, 0.3) is 0 Å². The van der Waals surface area contributed by atoms with Crippen LogP contribution in [-0.4, -0.2) is 24.7 Å². The van der Waals surface area contributed by atoms with Crippen molar-refractivity contribution in [1.82, 2.24) is 0 Å². The van der Waals surface area contributed by atoms with Crippen molar-refractivity contribution in [2.45, 2.75) is 12.8 Å². The molecule has 0 bridgehead atoms. The minimum atomic E-state index is -0.362. The van der Waals surface area contributed by atoms with Gasteiger partial charge in [-0.25, -0.2) is 4.39 Å². The maximum Gasteiger partial charge on any atom is 0.141 e. The fraction of sp³-hybridized carbons (Fsp3) is 0.231. The molecule has 0 saturated carbocycles. The third-order valence-electron chi connectivity index (χ3n) is 2.34. The topological polar surface area (TPSA) is 58.9 Å². The smallest absolute Gasteiger partial charge is 0.141 e. The lowest BCUT2D eigenvalue weighted by Gasteiger charge is -2.09. The highest BCUT2D eigenvalue weighted by Gasteiger charge is 2.10. The second-order valence-electron chi connectivity index (χ2n) is 3.58. The number of oxime groups is 1. The summed E-state index contributed by atoms with van der Waals surface area (Å²) < 4.78 is 13.0. The van der Waals surface area contributed by atoms with Crippen LogP contribution < -0.4 is 0 Å². The molecule has 96 valence electrons. The molecule has 0 heterocycles. The van der Waals surface area contributed by atoms with Crippen LogP contribution in [0.5, 0.6) is 0 Å². The van der Waals surface area contributed by atoms with Gasteiger partial charge < -0.3 is 14.7 Å².